The van der Waals surface area contributed by atoms with Crippen LogP contribution in [0, 0.1) is 12.7 Å². The van der Waals surface area contributed by atoms with Crippen LogP contribution in [-0.2, 0) is 4.74 Å². The first-order valence-corrected chi connectivity index (χ1v) is 11.9. The van der Waals surface area contributed by atoms with E-state index in [2.05, 4.69) is 20.9 Å². The van der Waals surface area contributed by atoms with Gasteiger partial charge in [0.25, 0.3) is 5.91 Å². The molecule has 172 valence electrons. The summed E-state index contributed by atoms with van der Waals surface area (Å²) in [7, 11) is 0. The molecule has 0 bridgehead atoms. The minimum Gasteiger partial charge on any atom is -0.462 e. The quantitative estimate of drug-likeness (QED) is 0.321. The van der Waals surface area contributed by atoms with Gasteiger partial charge < -0.3 is 9.15 Å². The molecular formula is C24H16BrFN2O5S. The van der Waals surface area contributed by atoms with Crippen molar-refractivity contribution >= 4 is 55.2 Å². The van der Waals surface area contributed by atoms with Crippen molar-refractivity contribution in [3.63, 3.8) is 0 Å². The molecule has 0 spiro atoms. The van der Waals surface area contributed by atoms with Crippen LogP contribution in [0.1, 0.15) is 50.0 Å². The molecule has 1 aliphatic heterocycles. The van der Waals surface area contributed by atoms with E-state index in [0.29, 0.717) is 11.3 Å². The summed E-state index contributed by atoms with van der Waals surface area (Å²) in [5.74, 6) is -1.84. The SMILES string of the molecule is CCOC(=O)c1sc(N2C(=O)c3oc4ccc(F)cc4c(=O)c3C2c2ccc(Br)cc2)nc1C. The number of halogens is 2. The Morgan fingerprint density at radius 1 is 1.24 bits per heavy atom. The van der Waals surface area contributed by atoms with Crippen LogP contribution in [0.15, 0.2) is 56.1 Å². The van der Waals surface area contributed by atoms with Gasteiger partial charge in [0.2, 0.25) is 5.76 Å². The van der Waals surface area contributed by atoms with Crippen molar-refractivity contribution in [1.29, 1.82) is 0 Å². The molecule has 3 heterocycles. The molecule has 1 atom stereocenters. The number of rotatable bonds is 4. The molecule has 7 nitrogen and oxygen atoms in total. The highest BCUT2D eigenvalue weighted by Gasteiger charge is 2.45. The predicted octanol–water partition coefficient (Wildman–Crippen LogP) is 5.39. The summed E-state index contributed by atoms with van der Waals surface area (Å²) >= 11 is 4.39. The Labute approximate surface area is 204 Å². The lowest BCUT2D eigenvalue weighted by Gasteiger charge is -2.22. The number of hydrogen-bond acceptors (Lipinski definition) is 7. The van der Waals surface area contributed by atoms with Gasteiger partial charge in [0.05, 0.1) is 29.3 Å². The monoisotopic (exact) mass is 542 g/mol. The molecule has 0 aliphatic carbocycles. The zero-order valence-corrected chi connectivity index (χ0v) is 20.3. The fourth-order valence-electron chi connectivity index (χ4n) is 3.97. The smallest absolute Gasteiger partial charge is 0.350 e. The van der Waals surface area contributed by atoms with Crippen LogP contribution in [0.4, 0.5) is 9.52 Å². The maximum absolute atomic E-state index is 13.9. The van der Waals surface area contributed by atoms with Gasteiger partial charge >= 0.3 is 5.97 Å². The van der Waals surface area contributed by atoms with Crippen LogP contribution >= 0.6 is 27.3 Å². The number of esters is 1. The average Bonchev–Trinajstić information content (AvgIpc) is 3.33. The molecule has 0 saturated heterocycles. The Kier molecular flexibility index (Phi) is 5.57. The van der Waals surface area contributed by atoms with Crippen LogP contribution in [0.2, 0.25) is 0 Å². The van der Waals surface area contributed by atoms with E-state index in [4.69, 9.17) is 9.15 Å². The van der Waals surface area contributed by atoms with Crippen molar-refractivity contribution in [2.75, 3.05) is 11.5 Å². The molecule has 0 radical (unpaired) electrons. The molecule has 0 fully saturated rings. The largest absolute Gasteiger partial charge is 0.462 e. The highest BCUT2D eigenvalue weighted by Crippen LogP contribution is 2.43. The Morgan fingerprint density at radius 2 is 1.97 bits per heavy atom. The molecule has 0 N–H and O–H groups in total. The topological polar surface area (TPSA) is 89.7 Å². The third-order valence-electron chi connectivity index (χ3n) is 5.47. The molecule has 10 heteroatoms. The molecule has 34 heavy (non-hydrogen) atoms. The second-order valence-electron chi connectivity index (χ2n) is 7.58. The number of thiazole rings is 1. The number of benzene rings is 2. The third kappa shape index (κ3) is 3.54. The maximum Gasteiger partial charge on any atom is 0.350 e. The van der Waals surface area contributed by atoms with E-state index in [9.17, 15) is 18.8 Å². The fourth-order valence-corrected chi connectivity index (χ4v) is 5.23. The van der Waals surface area contributed by atoms with Crippen molar-refractivity contribution in [1.82, 2.24) is 4.98 Å². The summed E-state index contributed by atoms with van der Waals surface area (Å²) in [5, 5.41) is 0.262. The maximum atomic E-state index is 13.9. The van der Waals surface area contributed by atoms with Gasteiger partial charge in [-0.15, -0.1) is 0 Å². The van der Waals surface area contributed by atoms with Crippen LogP contribution < -0.4 is 10.3 Å². The average molecular weight is 543 g/mol. The van der Waals surface area contributed by atoms with E-state index in [1.807, 2.05) is 0 Å². The van der Waals surface area contributed by atoms with Gasteiger partial charge in [-0.1, -0.05) is 39.4 Å². The van der Waals surface area contributed by atoms with E-state index in [1.54, 1.807) is 38.1 Å². The number of nitrogens with zero attached hydrogens (tertiary/aromatic N) is 2. The zero-order valence-electron chi connectivity index (χ0n) is 17.9. The summed E-state index contributed by atoms with van der Waals surface area (Å²) in [6.07, 6.45) is 0. The summed E-state index contributed by atoms with van der Waals surface area (Å²) in [5.41, 5.74) is 0.735. The third-order valence-corrected chi connectivity index (χ3v) is 7.14. The number of fused-ring (bicyclic) bond motifs is 2. The standard InChI is InChI=1S/C24H16BrFN2O5S/c1-3-32-23(31)21-11(2)27-24(34-21)28-18(12-4-6-13(25)7-5-12)17-19(29)15-10-14(26)8-9-16(15)33-20(17)22(28)30/h4-10,18H,3H2,1-2H3. The number of carbonyl (C=O) groups is 2. The van der Waals surface area contributed by atoms with E-state index < -0.39 is 29.2 Å². The Morgan fingerprint density at radius 3 is 2.68 bits per heavy atom. The number of carbonyl (C=O) groups excluding carboxylic acids is 2. The molecule has 4 aromatic rings. The Hall–Kier alpha value is -3.37. The molecule has 5 rings (SSSR count). The first kappa shape index (κ1) is 22.4. The number of hydrogen-bond donors (Lipinski definition) is 0. The zero-order chi connectivity index (χ0) is 24.1. The van der Waals surface area contributed by atoms with Gasteiger partial charge in [-0.05, 0) is 49.7 Å². The number of amides is 1. The van der Waals surface area contributed by atoms with Crippen molar-refractivity contribution in [3.8, 4) is 0 Å². The second-order valence-corrected chi connectivity index (χ2v) is 9.47. The highest BCUT2D eigenvalue weighted by molar-refractivity contribution is 9.10. The predicted molar refractivity (Wildman–Crippen MR) is 128 cm³/mol. The first-order chi connectivity index (χ1) is 16.3. The fraction of sp³-hybridized carbons (Fsp3) is 0.167. The van der Waals surface area contributed by atoms with Crippen molar-refractivity contribution in [2.24, 2.45) is 0 Å². The van der Waals surface area contributed by atoms with Gasteiger partial charge in [0.15, 0.2) is 10.6 Å². The lowest BCUT2D eigenvalue weighted by molar-refractivity contribution is 0.0531. The van der Waals surface area contributed by atoms with Gasteiger partial charge in [-0.3, -0.25) is 14.5 Å². The van der Waals surface area contributed by atoms with Crippen LogP contribution in [0.5, 0.6) is 0 Å². The van der Waals surface area contributed by atoms with E-state index in [-0.39, 0.29) is 38.9 Å². The van der Waals surface area contributed by atoms with Crippen LogP contribution in [0.25, 0.3) is 11.0 Å². The van der Waals surface area contributed by atoms with Crippen molar-refractivity contribution < 1.29 is 23.1 Å². The van der Waals surface area contributed by atoms with Gasteiger partial charge in [0.1, 0.15) is 16.3 Å². The molecule has 1 amide bonds. The molecule has 2 aromatic heterocycles. The normalized spacial score (nSPS) is 15.1. The van der Waals surface area contributed by atoms with E-state index in [0.717, 1.165) is 27.9 Å². The van der Waals surface area contributed by atoms with Crippen molar-refractivity contribution in [2.45, 2.75) is 19.9 Å². The summed E-state index contributed by atoms with van der Waals surface area (Å²) in [6.45, 7) is 3.54. The van der Waals surface area contributed by atoms with E-state index in [1.165, 1.54) is 11.0 Å². The number of ether oxygens (including phenoxy) is 1. The summed E-state index contributed by atoms with van der Waals surface area (Å²) in [4.78, 5) is 45.5. The van der Waals surface area contributed by atoms with E-state index >= 15 is 0 Å². The Bertz CT molecular complexity index is 1530. The highest BCUT2D eigenvalue weighted by atomic mass is 79.9. The lowest BCUT2D eigenvalue weighted by atomic mass is 9.99. The van der Waals surface area contributed by atoms with Gasteiger partial charge in [-0.2, -0.15) is 0 Å². The summed E-state index contributed by atoms with van der Waals surface area (Å²) < 4.78 is 25.7. The molecule has 0 saturated carbocycles. The minimum atomic E-state index is -0.875. The van der Waals surface area contributed by atoms with Crippen LogP contribution in [0.3, 0.4) is 0 Å². The van der Waals surface area contributed by atoms with Gasteiger partial charge in [-0.25, -0.2) is 14.2 Å². The Balaban J connectivity index is 1.75. The molecular weight excluding hydrogens is 527 g/mol. The number of aryl methyl sites for hydroxylation is 1. The lowest BCUT2D eigenvalue weighted by Crippen LogP contribution is -2.29. The second kappa shape index (κ2) is 8.44. The number of aromatic nitrogens is 1. The minimum absolute atomic E-state index is 0.0399. The van der Waals surface area contributed by atoms with Crippen molar-refractivity contribution in [3.05, 3.63) is 90.4 Å². The van der Waals surface area contributed by atoms with Crippen LogP contribution in [-0.4, -0.2) is 23.5 Å². The number of anilines is 1. The first-order valence-electron chi connectivity index (χ1n) is 10.3. The van der Waals surface area contributed by atoms with Gasteiger partial charge in [0, 0.05) is 4.47 Å². The molecule has 1 unspecified atom stereocenters. The summed E-state index contributed by atoms with van der Waals surface area (Å²) in [6, 6.07) is 9.82. The molecule has 2 aromatic carbocycles. The molecule has 1 aliphatic rings.